The van der Waals surface area contributed by atoms with Crippen LogP contribution in [-0.4, -0.2) is 85.7 Å². The molecule has 8 aromatic rings. The molecule has 20 heteroatoms. The van der Waals surface area contributed by atoms with Crippen LogP contribution < -0.4 is 59.1 Å². The number of carboxylic acids is 6. The highest BCUT2D eigenvalue weighted by Gasteiger charge is 2.20. The lowest BCUT2D eigenvalue weighted by atomic mass is 9.91. The van der Waals surface area contributed by atoms with Gasteiger partial charge in [0, 0.05) is 25.7 Å². The van der Waals surface area contributed by atoms with Crippen LogP contribution in [0.2, 0.25) is 0 Å². The second-order valence-corrected chi connectivity index (χ2v) is 19.3. The molecule has 0 aliphatic heterocycles. The maximum absolute atomic E-state index is 13.7. The molecule has 1 aliphatic rings. The standard InChI is InChI=1S/C64H52O20/c65-51-9-1-35-17-43(51)25-45-19-37(3-11-53(45)79-29-59(67)68)39-5-13-55(81-31-61(71)72)47(21-39)27-49-23-41(7-15-57(49)83-33-63(75)76)42-8-16-58(84-34-64(77)78)50(24-42)28-48-22-40(6-14-56(48)82-32-62(73)74)38-4-12-54(80-30-60(69)70)46(20-38)26-44-18-36(35)2-10-52(44)66/h1-24,65-66H,25-34H2,(H,67,68)(H,69,70)(H,71,72)(H,73,74)(H,75,76)(H,77,78)/p-6. The van der Waals surface area contributed by atoms with Gasteiger partial charge in [0.25, 0.3) is 0 Å². The summed E-state index contributed by atoms with van der Waals surface area (Å²) in [6.45, 7) is -4.86. The fourth-order valence-electron chi connectivity index (χ4n) is 9.67. The van der Waals surface area contributed by atoms with E-state index < -0.39 is 75.5 Å². The van der Waals surface area contributed by atoms with E-state index in [9.17, 15) is 69.6 Å². The highest BCUT2D eigenvalue weighted by molar-refractivity contribution is 5.76. The molecule has 0 heterocycles. The third-order valence-corrected chi connectivity index (χ3v) is 13.4. The number of ether oxygens (including phenoxy) is 6. The number of carbonyl (C=O) groups is 6. The largest absolute Gasteiger partial charge is 0.872 e. The molecule has 1 aliphatic carbocycles. The van der Waals surface area contributed by atoms with Crippen molar-refractivity contribution in [2.75, 3.05) is 39.6 Å². The van der Waals surface area contributed by atoms with E-state index in [0.29, 0.717) is 77.9 Å². The van der Waals surface area contributed by atoms with E-state index in [1.54, 1.807) is 97.1 Å². The Morgan fingerprint density at radius 3 is 0.667 bits per heavy atom. The molecule has 84 heavy (non-hydrogen) atoms. The Kier molecular flexibility index (Phi) is 17.6. The predicted octanol–water partition coefficient (Wildman–Crippen LogP) is 2.62. The highest BCUT2D eigenvalue weighted by atomic mass is 16.5. The number of carbonyl (C=O) groups excluding carboxylic acids is 4. The molecule has 0 spiro atoms. The smallest absolute Gasteiger partial charge is 0.341 e. The van der Waals surface area contributed by atoms with Gasteiger partial charge in [0.1, 0.15) is 60.9 Å². The number of hydrogen-bond acceptors (Lipinski definition) is 18. The molecule has 8 aromatic carbocycles. The van der Waals surface area contributed by atoms with Crippen molar-refractivity contribution in [3.8, 4) is 90.5 Å². The molecular weight excluding hydrogens is 1090 g/mol. The molecule has 0 amide bonds. The second-order valence-electron chi connectivity index (χ2n) is 19.3. The van der Waals surface area contributed by atoms with Crippen LogP contribution in [0.25, 0.3) is 44.5 Å². The summed E-state index contributed by atoms with van der Waals surface area (Å²) in [5, 5.41) is 93.7. The molecule has 16 bridgehead atoms. The van der Waals surface area contributed by atoms with Gasteiger partial charge in [0.05, 0.1) is 23.9 Å². The van der Waals surface area contributed by atoms with Crippen LogP contribution in [0.5, 0.6) is 46.0 Å². The average molecular weight is 1140 g/mol. The number of rotatable bonds is 18. The van der Waals surface area contributed by atoms with E-state index in [-0.39, 0.29) is 82.8 Å². The van der Waals surface area contributed by atoms with Crippen LogP contribution >= 0.6 is 0 Å². The molecule has 9 rings (SSSR count). The minimum atomic E-state index is -1.52. The van der Waals surface area contributed by atoms with Gasteiger partial charge in [-0.3, -0.25) is 0 Å². The maximum Gasteiger partial charge on any atom is 0.341 e. The quantitative estimate of drug-likeness (QED) is 0.125. The molecule has 0 saturated carbocycles. The maximum atomic E-state index is 13.7. The zero-order valence-corrected chi connectivity index (χ0v) is 44.2. The van der Waals surface area contributed by atoms with Gasteiger partial charge in [0.15, 0.2) is 13.2 Å². The molecule has 0 fully saturated rings. The van der Waals surface area contributed by atoms with Crippen molar-refractivity contribution in [1.82, 2.24) is 0 Å². The van der Waals surface area contributed by atoms with Crippen molar-refractivity contribution >= 4 is 35.8 Å². The molecule has 428 valence electrons. The summed E-state index contributed by atoms with van der Waals surface area (Å²) in [6, 6.07) is 38.2. The molecule has 0 saturated heterocycles. The Balaban J connectivity index is 1.27. The van der Waals surface area contributed by atoms with Gasteiger partial charge in [-0.25, -0.2) is 9.59 Å². The summed E-state index contributed by atoms with van der Waals surface area (Å²) in [5.74, 6) is -8.75. The topological polar surface area (TPSA) is 337 Å². The van der Waals surface area contributed by atoms with Crippen LogP contribution in [-0.2, 0) is 54.5 Å². The molecule has 0 unspecified atom stereocenters. The van der Waals surface area contributed by atoms with E-state index in [2.05, 4.69) is 0 Å². The molecule has 0 atom stereocenters. The average Bonchev–Trinajstić information content (AvgIpc) is 2.03. The zero-order chi connectivity index (χ0) is 59.6. The van der Waals surface area contributed by atoms with E-state index in [1.807, 2.05) is 0 Å². The van der Waals surface area contributed by atoms with Gasteiger partial charge in [-0.2, -0.15) is 0 Å². The number of fused-ring (bicyclic) bond motifs is 20. The van der Waals surface area contributed by atoms with E-state index >= 15 is 0 Å². The van der Waals surface area contributed by atoms with Crippen molar-refractivity contribution in [3.63, 3.8) is 0 Å². The Labute approximate surface area is 478 Å². The Morgan fingerprint density at radius 2 is 0.464 bits per heavy atom. The number of hydrogen-bond donors (Lipinski definition) is 2. The fraction of sp³-hybridized carbons (Fsp3) is 0.156. The Bertz CT molecular complexity index is 3630. The Morgan fingerprint density at radius 1 is 0.286 bits per heavy atom. The van der Waals surface area contributed by atoms with Crippen LogP contribution in [0.3, 0.4) is 0 Å². The van der Waals surface area contributed by atoms with Crippen molar-refractivity contribution in [3.05, 3.63) is 190 Å². The van der Waals surface area contributed by atoms with Crippen LogP contribution in [0, 0.1) is 0 Å². The van der Waals surface area contributed by atoms with Gasteiger partial charge in [-0.15, -0.1) is 11.5 Å². The van der Waals surface area contributed by atoms with Gasteiger partial charge in [-0.1, -0.05) is 83.9 Å². The summed E-state index contributed by atoms with van der Waals surface area (Å²) in [7, 11) is 0. The fourth-order valence-corrected chi connectivity index (χ4v) is 9.67. The van der Waals surface area contributed by atoms with Crippen molar-refractivity contribution in [2.24, 2.45) is 0 Å². The van der Waals surface area contributed by atoms with Crippen LogP contribution in [0.4, 0.5) is 0 Å². The van der Waals surface area contributed by atoms with Crippen molar-refractivity contribution in [1.29, 1.82) is 0 Å². The van der Waals surface area contributed by atoms with Gasteiger partial charge < -0.3 is 88.5 Å². The molecule has 2 N–H and O–H groups in total. The van der Waals surface area contributed by atoms with Crippen molar-refractivity contribution < 1.29 is 98.0 Å². The lowest BCUT2D eigenvalue weighted by Gasteiger charge is -2.21. The number of benzene rings is 8. The lowest BCUT2D eigenvalue weighted by molar-refractivity contribution is -0.308. The summed E-state index contributed by atoms with van der Waals surface area (Å²) in [6.07, 6.45) is -0.357. The van der Waals surface area contributed by atoms with E-state index in [1.165, 1.54) is 48.5 Å². The molecular formula is C64H46O20-6. The summed E-state index contributed by atoms with van der Waals surface area (Å²) < 4.78 is 34.4. The third-order valence-electron chi connectivity index (χ3n) is 13.4. The van der Waals surface area contributed by atoms with Gasteiger partial charge in [-0.05, 0) is 151 Å². The first kappa shape index (κ1) is 57.7. The molecule has 20 nitrogen and oxygen atoms in total. The summed E-state index contributed by atoms with van der Waals surface area (Å²) in [5.41, 5.74) is 6.91. The van der Waals surface area contributed by atoms with Crippen LogP contribution in [0.1, 0.15) is 44.5 Å². The lowest BCUT2D eigenvalue weighted by Crippen LogP contribution is -2.29. The van der Waals surface area contributed by atoms with Crippen molar-refractivity contribution in [2.45, 2.75) is 25.7 Å². The number of aliphatic carboxylic acids is 6. The third kappa shape index (κ3) is 14.5. The van der Waals surface area contributed by atoms with E-state index in [4.69, 9.17) is 28.4 Å². The molecule has 0 radical (unpaired) electrons. The second kappa shape index (κ2) is 25.6. The first-order chi connectivity index (χ1) is 40.3. The van der Waals surface area contributed by atoms with E-state index in [0.717, 1.165) is 0 Å². The monoisotopic (exact) mass is 1130 g/mol. The van der Waals surface area contributed by atoms with Gasteiger partial charge >= 0.3 is 11.9 Å². The summed E-state index contributed by atoms with van der Waals surface area (Å²) >= 11 is 0. The predicted molar refractivity (Wildman–Crippen MR) is 286 cm³/mol. The minimum Gasteiger partial charge on any atom is -0.872 e. The Hall–Kier alpha value is -11.0. The number of carboxylic acid groups (broad SMARTS) is 6. The first-order valence-electron chi connectivity index (χ1n) is 25.7. The highest BCUT2D eigenvalue weighted by Crippen LogP contribution is 2.40. The van der Waals surface area contributed by atoms with Crippen LogP contribution in [0.15, 0.2) is 146 Å². The zero-order valence-electron chi connectivity index (χ0n) is 44.2. The summed E-state index contributed by atoms with van der Waals surface area (Å²) in [4.78, 5) is 70.7. The SMILES string of the molecule is O=C([O-])COc1ccc2cc1Cc1cc(ccc1[O-])-c1ccc([O-])c(c1)Cc1cc(ccc1OCC(=O)[O-])-c1ccc(OCC(=O)[O-])c(c1)Cc1cc(ccc1OCC(=O)O)-c1ccc(OCC(=O)O)c(c1)Cc1cc-2ccc1OCC(=O)[O-]. The minimum absolute atomic E-state index is 0.0791. The normalized spacial score (nSPS) is 11.6. The molecule has 0 aromatic heterocycles. The first-order valence-corrected chi connectivity index (χ1v) is 25.7. The van der Waals surface area contributed by atoms with Gasteiger partial charge in [0.2, 0.25) is 0 Å².